The van der Waals surface area contributed by atoms with Crippen molar-refractivity contribution in [3.05, 3.63) is 64.1 Å². The minimum Gasteiger partial charge on any atom is -0.355 e. The molecule has 0 heterocycles. The van der Waals surface area contributed by atoms with Crippen molar-refractivity contribution in [2.75, 3.05) is 18.0 Å². The van der Waals surface area contributed by atoms with Gasteiger partial charge in [0.15, 0.2) is 0 Å². The van der Waals surface area contributed by atoms with Gasteiger partial charge in [-0.1, -0.05) is 53.5 Å². The Bertz CT molecular complexity index is 735. The summed E-state index contributed by atoms with van der Waals surface area (Å²) in [5.41, 5.74) is 1.66. The molecule has 25 heavy (non-hydrogen) atoms. The predicted molar refractivity (Wildman–Crippen MR) is 102 cm³/mol. The number of halogens is 2. The minimum absolute atomic E-state index is 0.0965. The fraction of sp³-hybridized carbons (Fsp3) is 0.263. The van der Waals surface area contributed by atoms with Crippen LogP contribution in [-0.2, 0) is 16.0 Å². The molecule has 1 N–H and O–H groups in total. The van der Waals surface area contributed by atoms with Crippen LogP contribution in [0.5, 0.6) is 0 Å². The number of carbonyl (C=O) groups is 2. The molecule has 0 aliphatic heterocycles. The number of hydrogen-bond donors (Lipinski definition) is 1. The first-order chi connectivity index (χ1) is 12.0. The van der Waals surface area contributed by atoms with Gasteiger partial charge in [0.05, 0.1) is 10.7 Å². The van der Waals surface area contributed by atoms with Gasteiger partial charge in [0.2, 0.25) is 11.8 Å². The van der Waals surface area contributed by atoms with Gasteiger partial charge in [-0.25, -0.2) is 0 Å². The number of carbonyl (C=O) groups excluding carboxylic acids is 2. The quantitative estimate of drug-likeness (QED) is 0.737. The van der Waals surface area contributed by atoms with Gasteiger partial charge in [-0.15, -0.1) is 0 Å². The lowest BCUT2D eigenvalue weighted by Crippen LogP contribution is -2.40. The monoisotopic (exact) mass is 378 g/mol. The van der Waals surface area contributed by atoms with Crippen LogP contribution in [0.4, 0.5) is 5.69 Å². The molecule has 2 aromatic rings. The zero-order chi connectivity index (χ0) is 18.2. The van der Waals surface area contributed by atoms with Crippen molar-refractivity contribution in [2.45, 2.75) is 19.8 Å². The van der Waals surface area contributed by atoms with Crippen LogP contribution in [0.15, 0.2) is 48.5 Å². The molecule has 0 unspecified atom stereocenters. The third-order valence-electron chi connectivity index (χ3n) is 3.69. The average molecular weight is 379 g/mol. The Hall–Kier alpha value is -2.04. The van der Waals surface area contributed by atoms with Crippen LogP contribution in [0.25, 0.3) is 0 Å². The van der Waals surface area contributed by atoms with E-state index >= 15 is 0 Å². The molecule has 0 fully saturated rings. The third-order valence-corrected chi connectivity index (χ3v) is 4.24. The smallest absolute Gasteiger partial charge is 0.240 e. The van der Waals surface area contributed by atoms with Crippen LogP contribution in [0.2, 0.25) is 10.0 Å². The van der Waals surface area contributed by atoms with Crippen molar-refractivity contribution in [3.8, 4) is 0 Å². The lowest BCUT2D eigenvalue weighted by atomic mass is 10.1. The van der Waals surface area contributed by atoms with Gasteiger partial charge in [0, 0.05) is 18.5 Å². The van der Waals surface area contributed by atoms with E-state index in [1.54, 1.807) is 18.2 Å². The molecule has 4 nitrogen and oxygen atoms in total. The second-order valence-electron chi connectivity index (χ2n) is 5.64. The standard InChI is InChI=1S/C19H20Cl2N2O2/c1-14(24)23(18-12-16(20)9-10-17(18)21)13-19(25)22-11-5-8-15-6-3-2-4-7-15/h2-4,6-7,9-10,12H,5,8,11,13H2,1H3,(H,22,25). The van der Waals surface area contributed by atoms with Gasteiger partial charge in [0.1, 0.15) is 6.54 Å². The Balaban J connectivity index is 1.88. The van der Waals surface area contributed by atoms with Crippen LogP contribution >= 0.6 is 23.2 Å². The number of benzene rings is 2. The van der Waals surface area contributed by atoms with Crippen molar-refractivity contribution in [3.63, 3.8) is 0 Å². The number of aryl methyl sites for hydroxylation is 1. The summed E-state index contributed by atoms with van der Waals surface area (Å²) in [6.45, 7) is 1.84. The number of nitrogens with zero attached hydrogens (tertiary/aromatic N) is 1. The first kappa shape index (κ1) is 19.3. The molecular weight excluding hydrogens is 359 g/mol. The summed E-state index contributed by atoms with van der Waals surface area (Å²) >= 11 is 12.1. The third kappa shape index (κ3) is 6.07. The molecule has 2 aromatic carbocycles. The Morgan fingerprint density at radius 2 is 1.80 bits per heavy atom. The maximum Gasteiger partial charge on any atom is 0.240 e. The highest BCUT2D eigenvalue weighted by molar-refractivity contribution is 6.35. The topological polar surface area (TPSA) is 49.4 Å². The van der Waals surface area contributed by atoms with E-state index < -0.39 is 0 Å². The molecule has 0 aliphatic carbocycles. The molecular formula is C19H20Cl2N2O2. The summed E-state index contributed by atoms with van der Waals surface area (Å²) in [7, 11) is 0. The van der Waals surface area contributed by atoms with E-state index in [-0.39, 0.29) is 18.4 Å². The second-order valence-corrected chi connectivity index (χ2v) is 6.48. The molecule has 0 radical (unpaired) electrons. The molecule has 0 saturated heterocycles. The first-order valence-electron chi connectivity index (χ1n) is 8.01. The summed E-state index contributed by atoms with van der Waals surface area (Å²) in [5, 5.41) is 3.66. The van der Waals surface area contributed by atoms with Crippen LogP contribution in [-0.4, -0.2) is 24.9 Å². The number of hydrogen-bond acceptors (Lipinski definition) is 2. The highest BCUT2D eigenvalue weighted by atomic mass is 35.5. The van der Waals surface area contributed by atoms with Gasteiger partial charge in [-0.3, -0.25) is 9.59 Å². The maximum atomic E-state index is 12.2. The van der Waals surface area contributed by atoms with E-state index in [4.69, 9.17) is 23.2 Å². The molecule has 6 heteroatoms. The SMILES string of the molecule is CC(=O)N(CC(=O)NCCCc1ccccc1)c1cc(Cl)ccc1Cl. The largest absolute Gasteiger partial charge is 0.355 e. The van der Waals surface area contributed by atoms with Crippen molar-refractivity contribution < 1.29 is 9.59 Å². The van der Waals surface area contributed by atoms with E-state index in [0.717, 1.165) is 12.8 Å². The zero-order valence-electron chi connectivity index (χ0n) is 14.0. The molecule has 0 spiro atoms. The van der Waals surface area contributed by atoms with Crippen LogP contribution in [0.3, 0.4) is 0 Å². The Morgan fingerprint density at radius 1 is 1.08 bits per heavy atom. The fourth-order valence-corrected chi connectivity index (χ4v) is 2.81. The average Bonchev–Trinajstić information content (AvgIpc) is 2.59. The van der Waals surface area contributed by atoms with Crippen molar-refractivity contribution in [2.24, 2.45) is 0 Å². The van der Waals surface area contributed by atoms with Crippen molar-refractivity contribution >= 4 is 40.7 Å². The van der Waals surface area contributed by atoms with Gasteiger partial charge >= 0.3 is 0 Å². The molecule has 132 valence electrons. The van der Waals surface area contributed by atoms with Crippen LogP contribution in [0.1, 0.15) is 18.9 Å². The molecule has 2 rings (SSSR count). The number of anilines is 1. The molecule has 0 aromatic heterocycles. The van der Waals surface area contributed by atoms with E-state index in [1.165, 1.54) is 17.4 Å². The van der Waals surface area contributed by atoms with E-state index in [9.17, 15) is 9.59 Å². The number of rotatable bonds is 7. The highest BCUT2D eigenvalue weighted by Crippen LogP contribution is 2.29. The van der Waals surface area contributed by atoms with E-state index in [1.807, 2.05) is 18.2 Å². The van der Waals surface area contributed by atoms with Crippen molar-refractivity contribution in [1.82, 2.24) is 5.32 Å². The predicted octanol–water partition coefficient (Wildman–Crippen LogP) is 4.10. The Morgan fingerprint density at radius 3 is 2.48 bits per heavy atom. The van der Waals surface area contributed by atoms with Gasteiger partial charge < -0.3 is 10.2 Å². The summed E-state index contributed by atoms with van der Waals surface area (Å²) in [6, 6.07) is 14.9. The van der Waals surface area contributed by atoms with Crippen LogP contribution in [0, 0.1) is 0 Å². The second kappa shape index (κ2) is 9.44. The van der Waals surface area contributed by atoms with Crippen LogP contribution < -0.4 is 10.2 Å². The van der Waals surface area contributed by atoms with Gasteiger partial charge in [-0.2, -0.15) is 0 Å². The van der Waals surface area contributed by atoms with Crippen molar-refractivity contribution in [1.29, 1.82) is 0 Å². The van der Waals surface area contributed by atoms with Gasteiger partial charge in [0.25, 0.3) is 0 Å². The first-order valence-corrected chi connectivity index (χ1v) is 8.76. The summed E-state index contributed by atoms with van der Waals surface area (Å²) < 4.78 is 0. The summed E-state index contributed by atoms with van der Waals surface area (Å²) in [5.74, 6) is -0.511. The normalized spacial score (nSPS) is 10.4. The summed E-state index contributed by atoms with van der Waals surface area (Å²) in [6.07, 6.45) is 1.71. The Kier molecular flexibility index (Phi) is 7.29. The number of amides is 2. The Labute approximate surface area is 157 Å². The molecule has 2 amide bonds. The van der Waals surface area contributed by atoms with Gasteiger partial charge in [-0.05, 0) is 36.6 Å². The lowest BCUT2D eigenvalue weighted by Gasteiger charge is -2.22. The summed E-state index contributed by atoms with van der Waals surface area (Å²) in [4.78, 5) is 25.4. The maximum absolute atomic E-state index is 12.2. The fourth-order valence-electron chi connectivity index (χ4n) is 2.42. The number of nitrogens with one attached hydrogen (secondary N) is 1. The molecule has 0 bridgehead atoms. The molecule has 0 atom stereocenters. The highest BCUT2D eigenvalue weighted by Gasteiger charge is 2.18. The van der Waals surface area contributed by atoms with E-state index in [0.29, 0.717) is 22.3 Å². The minimum atomic E-state index is -0.274. The van der Waals surface area contributed by atoms with E-state index in [2.05, 4.69) is 17.4 Å². The molecule has 0 saturated carbocycles. The lowest BCUT2D eigenvalue weighted by molar-refractivity contribution is -0.123. The zero-order valence-corrected chi connectivity index (χ0v) is 15.5. The molecule has 0 aliphatic rings.